The predicted octanol–water partition coefficient (Wildman–Crippen LogP) is 2.62. The third-order valence-corrected chi connectivity index (χ3v) is 4.65. The summed E-state index contributed by atoms with van der Waals surface area (Å²) in [5.41, 5.74) is 5.27. The number of rotatable bonds is 4. The molecule has 0 radical (unpaired) electrons. The summed E-state index contributed by atoms with van der Waals surface area (Å²) in [5, 5.41) is 15.2. The van der Waals surface area contributed by atoms with Crippen LogP contribution in [-0.2, 0) is 4.79 Å². The second kappa shape index (κ2) is 6.46. The van der Waals surface area contributed by atoms with Crippen LogP contribution in [0.5, 0.6) is 0 Å². The van der Waals surface area contributed by atoms with Crippen molar-refractivity contribution in [3.05, 3.63) is 0 Å². The molecular formula is C15H29N3O2. The topological polar surface area (TPSA) is 87.7 Å². The minimum absolute atomic E-state index is 0.0130. The van der Waals surface area contributed by atoms with Crippen molar-refractivity contribution in [1.82, 2.24) is 5.32 Å². The molecule has 1 saturated carbocycles. The summed E-state index contributed by atoms with van der Waals surface area (Å²) in [4.78, 5) is 12.3. The van der Waals surface area contributed by atoms with Crippen LogP contribution < -0.4 is 11.1 Å². The quantitative estimate of drug-likeness (QED) is 0.321. The summed E-state index contributed by atoms with van der Waals surface area (Å²) in [6.07, 6.45) is 5.08. The summed E-state index contributed by atoms with van der Waals surface area (Å²) in [6, 6.07) is 0. The molecule has 0 bridgehead atoms. The van der Waals surface area contributed by atoms with E-state index in [-0.39, 0.29) is 23.1 Å². The lowest BCUT2D eigenvalue weighted by molar-refractivity contribution is -0.124. The summed E-state index contributed by atoms with van der Waals surface area (Å²) >= 11 is 0. The summed E-state index contributed by atoms with van der Waals surface area (Å²) in [7, 11) is 0. The first-order valence-electron chi connectivity index (χ1n) is 7.50. The molecular weight excluding hydrogens is 254 g/mol. The van der Waals surface area contributed by atoms with Crippen molar-refractivity contribution < 1.29 is 10.0 Å². The Hall–Kier alpha value is -1.26. The molecule has 0 aliphatic heterocycles. The minimum atomic E-state index is -0.651. The zero-order valence-electron chi connectivity index (χ0n) is 13.2. The predicted molar refractivity (Wildman–Crippen MR) is 80.6 cm³/mol. The second-order valence-corrected chi connectivity index (χ2v) is 7.15. The fraction of sp³-hybridized carbons (Fsp3) is 0.867. The number of hydrogen-bond donors (Lipinski definition) is 3. The average Bonchev–Trinajstić information content (AvgIpc) is 2.37. The van der Waals surface area contributed by atoms with Gasteiger partial charge < -0.3 is 16.3 Å². The normalized spacial score (nSPS) is 21.3. The number of nitrogens with one attached hydrogen (secondary N) is 1. The highest BCUT2D eigenvalue weighted by molar-refractivity contribution is 5.94. The van der Waals surface area contributed by atoms with Gasteiger partial charge in [0.1, 0.15) is 5.54 Å². The lowest BCUT2D eigenvalue weighted by Gasteiger charge is -2.37. The van der Waals surface area contributed by atoms with E-state index >= 15 is 0 Å². The monoisotopic (exact) mass is 283 g/mol. The molecule has 0 aromatic heterocycles. The maximum Gasteiger partial charge on any atom is 0.221 e. The van der Waals surface area contributed by atoms with E-state index in [0.29, 0.717) is 6.42 Å². The van der Waals surface area contributed by atoms with E-state index in [1.54, 1.807) is 0 Å². The molecule has 20 heavy (non-hydrogen) atoms. The molecule has 5 nitrogen and oxygen atoms in total. The minimum Gasteiger partial charge on any atom is -0.409 e. The van der Waals surface area contributed by atoms with Gasteiger partial charge in [-0.2, -0.15) is 0 Å². The number of amidine groups is 1. The van der Waals surface area contributed by atoms with Gasteiger partial charge in [0.15, 0.2) is 5.84 Å². The highest BCUT2D eigenvalue weighted by atomic mass is 16.4. The van der Waals surface area contributed by atoms with Crippen LogP contribution in [-0.4, -0.2) is 22.5 Å². The Bertz CT molecular complexity index is 366. The summed E-state index contributed by atoms with van der Waals surface area (Å²) < 4.78 is 0. The molecule has 1 atom stereocenters. The molecule has 1 aliphatic rings. The number of carbonyl (C=O) groups excluding carboxylic acids is 1. The zero-order valence-corrected chi connectivity index (χ0v) is 13.2. The Morgan fingerprint density at radius 2 is 1.90 bits per heavy atom. The fourth-order valence-corrected chi connectivity index (χ4v) is 2.60. The third-order valence-electron chi connectivity index (χ3n) is 4.65. The van der Waals surface area contributed by atoms with Gasteiger partial charge in [0, 0.05) is 6.42 Å². The summed E-state index contributed by atoms with van der Waals surface area (Å²) in [5.74, 6) is 0.394. The van der Waals surface area contributed by atoms with E-state index < -0.39 is 5.54 Å². The molecule has 116 valence electrons. The van der Waals surface area contributed by atoms with Gasteiger partial charge in [-0.25, -0.2) is 0 Å². The molecule has 0 spiro atoms. The Morgan fingerprint density at radius 1 is 1.35 bits per heavy atom. The Morgan fingerprint density at radius 3 is 2.35 bits per heavy atom. The van der Waals surface area contributed by atoms with E-state index in [1.807, 2.05) is 0 Å². The van der Waals surface area contributed by atoms with Gasteiger partial charge in [0.05, 0.1) is 0 Å². The maximum atomic E-state index is 12.3. The molecule has 1 fully saturated rings. The molecule has 0 aromatic rings. The van der Waals surface area contributed by atoms with Crippen molar-refractivity contribution in [2.75, 3.05) is 0 Å². The fourth-order valence-electron chi connectivity index (χ4n) is 2.60. The van der Waals surface area contributed by atoms with Crippen molar-refractivity contribution in [2.24, 2.45) is 22.2 Å². The van der Waals surface area contributed by atoms with Gasteiger partial charge in [-0.05, 0) is 24.2 Å². The van der Waals surface area contributed by atoms with Gasteiger partial charge in [-0.1, -0.05) is 52.1 Å². The standard InChI is InChI=1S/C15H29N3O2/c1-11(14(2,3)4)10-12(19)17-15(13(16)18-20)8-6-5-7-9-15/h11,20H,5-10H2,1-4H3,(H2,16,18)(H,17,19). The van der Waals surface area contributed by atoms with E-state index in [9.17, 15) is 4.79 Å². The third kappa shape index (κ3) is 4.12. The van der Waals surface area contributed by atoms with E-state index in [4.69, 9.17) is 10.9 Å². The lowest BCUT2D eigenvalue weighted by atomic mass is 9.78. The number of nitrogens with two attached hydrogens (primary N) is 1. The second-order valence-electron chi connectivity index (χ2n) is 7.15. The van der Waals surface area contributed by atoms with Crippen LogP contribution in [0.2, 0.25) is 0 Å². The van der Waals surface area contributed by atoms with Gasteiger partial charge >= 0.3 is 0 Å². The summed E-state index contributed by atoms with van der Waals surface area (Å²) in [6.45, 7) is 8.47. The maximum absolute atomic E-state index is 12.3. The van der Waals surface area contributed by atoms with Crippen LogP contribution in [0.1, 0.15) is 66.2 Å². The van der Waals surface area contributed by atoms with Crippen LogP contribution in [0, 0.1) is 11.3 Å². The van der Waals surface area contributed by atoms with Crippen LogP contribution in [0.4, 0.5) is 0 Å². The molecule has 4 N–H and O–H groups in total. The molecule has 5 heteroatoms. The highest BCUT2D eigenvalue weighted by Crippen LogP contribution is 2.31. The van der Waals surface area contributed by atoms with Gasteiger partial charge in [0.2, 0.25) is 5.91 Å². The molecule has 0 aromatic carbocycles. The Balaban J connectivity index is 2.73. The molecule has 1 unspecified atom stereocenters. The van der Waals surface area contributed by atoms with Crippen LogP contribution in [0.25, 0.3) is 0 Å². The van der Waals surface area contributed by atoms with Crippen LogP contribution in [0.3, 0.4) is 0 Å². The SMILES string of the molecule is CC(CC(=O)NC1(C(N)=NO)CCCCC1)C(C)(C)C. The lowest BCUT2D eigenvalue weighted by Crippen LogP contribution is -2.58. The van der Waals surface area contributed by atoms with Crippen LogP contribution in [0.15, 0.2) is 5.16 Å². The van der Waals surface area contributed by atoms with Gasteiger partial charge in [0.25, 0.3) is 0 Å². The van der Waals surface area contributed by atoms with Crippen molar-refractivity contribution in [3.63, 3.8) is 0 Å². The van der Waals surface area contributed by atoms with Crippen molar-refractivity contribution in [2.45, 2.75) is 71.8 Å². The van der Waals surface area contributed by atoms with Gasteiger partial charge in [-0.15, -0.1) is 0 Å². The highest BCUT2D eigenvalue weighted by Gasteiger charge is 2.38. The number of hydrogen-bond acceptors (Lipinski definition) is 3. The molecule has 1 amide bonds. The first kappa shape index (κ1) is 16.8. The van der Waals surface area contributed by atoms with Crippen LogP contribution >= 0.6 is 0 Å². The van der Waals surface area contributed by atoms with Crippen molar-refractivity contribution in [1.29, 1.82) is 0 Å². The van der Waals surface area contributed by atoms with Crippen molar-refractivity contribution >= 4 is 11.7 Å². The Kier molecular flexibility index (Phi) is 5.42. The molecule has 0 heterocycles. The first-order valence-corrected chi connectivity index (χ1v) is 7.50. The molecule has 0 saturated heterocycles. The number of carbonyl (C=O) groups is 1. The average molecular weight is 283 g/mol. The number of nitrogens with zero attached hydrogens (tertiary/aromatic N) is 1. The number of oxime groups is 1. The number of amides is 1. The smallest absolute Gasteiger partial charge is 0.221 e. The van der Waals surface area contributed by atoms with Crippen molar-refractivity contribution in [3.8, 4) is 0 Å². The largest absolute Gasteiger partial charge is 0.409 e. The van der Waals surface area contributed by atoms with E-state index in [1.165, 1.54) is 0 Å². The zero-order chi connectivity index (χ0) is 15.4. The first-order chi connectivity index (χ1) is 9.21. The van der Waals surface area contributed by atoms with E-state index in [0.717, 1.165) is 32.1 Å². The Labute approximate surface area is 122 Å². The molecule has 1 rings (SSSR count). The molecule has 1 aliphatic carbocycles. The van der Waals surface area contributed by atoms with Gasteiger partial charge in [-0.3, -0.25) is 4.79 Å². The van der Waals surface area contributed by atoms with E-state index in [2.05, 4.69) is 38.2 Å².